The maximum atomic E-state index is 13.5. The summed E-state index contributed by atoms with van der Waals surface area (Å²) in [6, 6.07) is 14.4. The standard InChI is InChI=1S/C28H38N2O8/c1-28(2,3)37-27(32)38-30-16-10-15-23(35-18-20-11-7-6-8-12-20)22(17-30)29-26(31)21-13-9-14-24(34-5)25(21)36-19-33-4/h6-9,11-14,22-23H,10,15-19H2,1-5H3,(H,29,31)/t22-,23-/m1/s1. The Kier molecular flexibility index (Phi) is 10.8. The number of methoxy groups -OCH3 is 2. The molecule has 0 spiro atoms. The predicted octanol–water partition coefficient (Wildman–Crippen LogP) is 4.32. The number of amides is 1. The Balaban J connectivity index is 1.80. The minimum Gasteiger partial charge on any atom is -0.493 e. The number of nitrogens with zero attached hydrogens (tertiary/aromatic N) is 1. The smallest absolute Gasteiger partial charge is 0.493 e. The summed E-state index contributed by atoms with van der Waals surface area (Å²) >= 11 is 0. The van der Waals surface area contributed by atoms with Gasteiger partial charge in [0.15, 0.2) is 18.3 Å². The second-order valence-electron chi connectivity index (χ2n) is 9.89. The van der Waals surface area contributed by atoms with Crippen molar-refractivity contribution in [2.24, 2.45) is 0 Å². The molecule has 2 aromatic rings. The van der Waals surface area contributed by atoms with E-state index >= 15 is 0 Å². The quantitative estimate of drug-likeness (QED) is 0.355. The van der Waals surface area contributed by atoms with Crippen LogP contribution >= 0.6 is 0 Å². The van der Waals surface area contributed by atoms with Gasteiger partial charge in [-0.2, -0.15) is 0 Å². The summed E-state index contributed by atoms with van der Waals surface area (Å²) in [6.45, 7) is 6.32. The Labute approximate surface area is 224 Å². The van der Waals surface area contributed by atoms with Crippen LogP contribution in [-0.2, 0) is 25.7 Å². The summed E-state index contributed by atoms with van der Waals surface area (Å²) in [5.41, 5.74) is 0.613. The maximum absolute atomic E-state index is 13.5. The van der Waals surface area contributed by atoms with E-state index in [1.165, 1.54) is 19.3 Å². The molecule has 10 heteroatoms. The number of rotatable bonds is 10. The Morgan fingerprint density at radius 2 is 1.82 bits per heavy atom. The molecule has 1 aliphatic rings. The molecule has 0 saturated carbocycles. The van der Waals surface area contributed by atoms with Crippen LogP contribution in [0, 0.1) is 0 Å². The van der Waals surface area contributed by atoms with Crippen LogP contribution in [0.3, 0.4) is 0 Å². The second-order valence-corrected chi connectivity index (χ2v) is 9.89. The first-order valence-corrected chi connectivity index (χ1v) is 12.6. The van der Waals surface area contributed by atoms with Gasteiger partial charge in [-0.1, -0.05) is 36.4 Å². The van der Waals surface area contributed by atoms with Crippen LogP contribution < -0.4 is 14.8 Å². The summed E-state index contributed by atoms with van der Waals surface area (Å²) < 4.78 is 27.7. The van der Waals surface area contributed by atoms with Gasteiger partial charge in [0.25, 0.3) is 5.91 Å². The third kappa shape index (κ3) is 8.90. The molecule has 2 atom stereocenters. The zero-order valence-corrected chi connectivity index (χ0v) is 22.7. The third-order valence-electron chi connectivity index (χ3n) is 5.73. The Morgan fingerprint density at radius 3 is 2.50 bits per heavy atom. The molecule has 10 nitrogen and oxygen atoms in total. The van der Waals surface area contributed by atoms with Gasteiger partial charge >= 0.3 is 6.16 Å². The van der Waals surface area contributed by atoms with Gasteiger partial charge in [-0.05, 0) is 51.3 Å². The second kappa shape index (κ2) is 14.0. The van der Waals surface area contributed by atoms with Crippen molar-refractivity contribution >= 4 is 12.1 Å². The molecule has 2 aromatic carbocycles. The molecule has 0 bridgehead atoms. The van der Waals surface area contributed by atoms with E-state index in [1.54, 1.807) is 39.0 Å². The molecular weight excluding hydrogens is 492 g/mol. The lowest BCUT2D eigenvalue weighted by Crippen LogP contribution is -2.50. The summed E-state index contributed by atoms with van der Waals surface area (Å²) in [5, 5.41) is 4.58. The van der Waals surface area contributed by atoms with Crippen molar-refractivity contribution in [3.63, 3.8) is 0 Å². The summed E-state index contributed by atoms with van der Waals surface area (Å²) in [6.07, 6.45) is 0.210. The van der Waals surface area contributed by atoms with Crippen molar-refractivity contribution in [2.45, 2.75) is 58.0 Å². The van der Waals surface area contributed by atoms with Gasteiger partial charge in [-0.25, -0.2) is 4.79 Å². The van der Waals surface area contributed by atoms with Crippen molar-refractivity contribution in [2.75, 3.05) is 34.1 Å². The third-order valence-corrected chi connectivity index (χ3v) is 5.73. The van der Waals surface area contributed by atoms with Crippen molar-refractivity contribution in [1.82, 2.24) is 10.4 Å². The lowest BCUT2D eigenvalue weighted by atomic mass is 10.1. The largest absolute Gasteiger partial charge is 0.528 e. The highest BCUT2D eigenvalue weighted by molar-refractivity contribution is 5.98. The van der Waals surface area contributed by atoms with Gasteiger partial charge in [0.2, 0.25) is 0 Å². The first-order valence-electron chi connectivity index (χ1n) is 12.6. The topological polar surface area (TPSA) is 105 Å². The van der Waals surface area contributed by atoms with Gasteiger partial charge in [0.1, 0.15) is 5.60 Å². The number of nitrogens with one attached hydrogen (secondary N) is 1. The summed E-state index contributed by atoms with van der Waals surface area (Å²) in [5.74, 6) is 0.293. The molecule has 1 N–H and O–H groups in total. The normalized spacial score (nSPS) is 18.2. The highest BCUT2D eigenvalue weighted by Gasteiger charge is 2.33. The van der Waals surface area contributed by atoms with Gasteiger partial charge in [-0.15, -0.1) is 5.06 Å². The van der Waals surface area contributed by atoms with Gasteiger partial charge in [0.05, 0.1) is 38.0 Å². The van der Waals surface area contributed by atoms with Gasteiger partial charge in [0, 0.05) is 13.7 Å². The molecule has 1 amide bonds. The van der Waals surface area contributed by atoms with E-state index < -0.39 is 17.8 Å². The minimum absolute atomic E-state index is 0.0512. The molecule has 0 unspecified atom stereocenters. The Morgan fingerprint density at radius 1 is 1.05 bits per heavy atom. The highest BCUT2D eigenvalue weighted by atomic mass is 16.8. The number of carbonyl (C=O) groups is 2. The Hall–Kier alpha value is -3.34. The molecule has 0 radical (unpaired) electrons. The van der Waals surface area contributed by atoms with Gasteiger partial charge in [-0.3, -0.25) is 4.79 Å². The summed E-state index contributed by atoms with van der Waals surface area (Å²) in [4.78, 5) is 31.4. The molecule has 0 aromatic heterocycles. The van der Waals surface area contributed by atoms with E-state index in [-0.39, 0.29) is 36.7 Å². The van der Waals surface area contributed by atoms with Crippen LogP contribution in [0.5, 0.6) is 11.5 Å². The SMILES string of the molecule is COCOc1c(OC)cccc1C(=O)N[C@@H]1CN(OC(=O)OC(C)(C)C)CCC[C@H]1OCc1ccccc1. The van der Waals surface area contributed by atoms with E-state index in [0.717, 1.165) is 5.56 Å². The maximum Gasteiger partial charge on any atom is 0.528 e. The van der Waals surface area contributed by atoms with Crippen LogP contribution in [0.25, 0.3) is 0 Å². The van der Waals surface area contributed by atoms with Crippen LogP contribution in [0.15, 0.2) is 48.5 Å². The zero-order valence-electron chi connectivity index (χ0n) is 22.7. The van der Waals surface area contributed by atoms with E-state index in [2.05, 4.69) is 5.32 Å². The minimum atomic E-state index is -0.797. The van der Waals surface area contributed by atoms with E-state index in [9.17, 15) is 9.59 Å². The van der Waals surface area contributed by atoms with Crippen molar-refractivity contribution in [1.29, 1.82) is 0 Å². The van der Waals surface area contributed by atoms with Crippen LogP contribution in [0.4, 0.5) is 4.79 Å². The molecular formula is C28H38N2O8. The predicted molar refractivity (Wildman–Crippen MR) is 140 cm³/mol. The number of hydrogen-bond acceptors (Lipinski definition) is 9. The van der Waals surface area contributed by atoms with Crippen LogP contribution in [0.2, 0.25) is 0 Å². The average Bonchev–Trinajstić information content (AvgIpc) is 3.06. The molecule has 208 valence electrons. The number of ether oxygens (including phenoxy) is 5. The molecule has 38 heavy (non-hydrogen) atoms. The number of para-hydroxylation sites is 1. The molecule has 3 rings (SSSR count). The van der Waals surface area contributed by atoms with Crippen LogP contribution in [-0.4, -0.2) is 69.0 Å². The molecule has 1 saturated heterocycles. The fraction of sp³-hybridized carbons (Fsp3) is 0.500. The van der Waals surface area contributed by atoms with E-state index in [0.29, 0.717) is 31.7 Å². The molecule has 0 aliphatic carbocycles. The van der Waals surface area contributed by atoms with Gasteiger partial charge < -0.3 is 33.8 Å². The molecule has 1 heterocycles. The zero-order chi connectivity index (χ0) is 27.5. The fourth-order valence-corrected chi connectivity index (χ4v) is 4.04. The number of hydrogen-bond donors (Lipinski definition) is 1. The first-order chi connectivity index (χ1) is 18.2. The lowest BCUT2D eigenvalue weighted by Gasteiger charge is -2.29. The van der Waals surface area contributed by atoms with E-state index in [4.69, 9.17) is 28.5 Å². The number of hydroxylamine groups is 2. The van der Waals surface area contributed by atoms with E-state index in [1.807, 2.05) is 30.3 Å². The fourth-order valence-electron chi connectivity index (χ4n) is 4.04. The monoisotopic (exact) mass is 530 g/mol. The highest BCUT2D eigenvalue weighted by Crippen LogP contribution is 2.31. The van der Waals surface area contributed by atoms with Crippen molar-refractivity contribution < 1.29 is 38.1 Å². The van der Waals surface area contributed by atoms with Crippen LogP contribution in [0.1, 0.15) is 49.5 Å². The molecule has 1 aliphatic heterocycles. The van der Waals surface area contributed by atoms with Crippen molar-refractivity contribution in [3.8, 4) is 11.5 Å². The first kappa shape index (κ1) is 29.2. The van der Waals surface area contributed by atoms with Crippen molar-refractivity contribution in [3.05, 3.63) is 59.7 Å². The Bertz CT molecular complexity index is 1040. The molecule has 1 fully saturated rings. The summed E-state index contributed by atoms with van der Waals surface area (Å²) in [7, 11) is 3.00. The number of carbonyl (C=O) groups excluding carboxylic acids is 2. The lowest BCUT2D eigenvalue weighted by molar-refractivity contribution is -0.145. The number of benzene rings is 2. The average molecular weight is 531 g/mol.